The minimum absolute atomic E-state index is 0.676. The SMILES string of the molecule is CN1CCCC(O)(c2ccccc2Cl)CC1. The average Bonchev–Trinajstić information content (AvgIpc) is 2.43. The van der Waals surface area contributed by atoms with E-state index in [-0.39, 0.29) is 0 Å². The first kappa shape index (κ1) is 11.9. The quantitative estimate of drug-likeness (QED) is 0.815. The number of nitrogens with zero attached hydrogens (tertiary/aromatic N) is 1. The van der Waals surface area contributed by atoms with Crippen molar-refractivity contribution in [2.45, 2.75) is 24.9 Å². The molecule has 1 aromatic carbocycles. The Morgan fingerprint density at radius 1 is 1.25 bits per heavy atom. The molecule has 0 aromatic heterocycles. The summed E-state index contributed by atoms with van der Waals surface area (Å²) < 4.78 is 0. The smallest absolute Gasteiger partial charge is 0.0923 e. The second kappa shape index (κ2) is 4.74. The molecule has 1 atom stereocenters. The highest BCUT2D eigenvalue weighted by Crippen LogP contribution is 2.36. The van der Waals surface area contributed by atoms with Gasteiger partial charge in [0, 0.05) is 17.1 Å². The van der Waals surface area contributed by atoms with Crippen LogP contribution in [0.2, 0.25) is 5.02 Å². The maximum atomic E-state index is 10.7. The fraction of sp³-hybridized carbons (Fsp3) is 0.538. The van der Waals surface area contributed by atoms with Crippen molar-refractivity contribution in [1.29, 1.82) is 0 Å². The zero-order valence-corrected chi connectivity index (χ0v) is 10.4. The number of halogens is 1. The molecule has 1 saturated heterocycles. The largest absolute Gasteiger partial charge is 0.385 e. The van der Waals surface area contributed by atoms with Gasteiger partial charge in [0.15, 0.2) is 0 Å². The molecule has 16 heavy (non-hydrogen) atoms. The second-order valence-electron chi connectivity index (χ2n) is 4.67. The summed E-state index contributed by atoms with van der Waals surface area (Å²) in [5.41, 5.74) is 0.135. The van der Waals surface area contributed by atoms with Crippen LogP contribution in [-0.2, 0) is 5.60 Å². The van der Waals surface area contributed by atoms with Crippen molar-refractivity contribution in [3.8, 4) is 0 Å². The van der Waals surface area contributed by atoms with E-state index in [1.54, 1.807) is 0 Å². The normalized spacial score (nSPS) is 27.7. The van der Waals surface area contributed by atoms with E-state index < -0.39 is 5.60 Å². The van der Waals surface area contributed by atoms with Gasteiger partial charge in [-0.2, -0.15) is 0 Å². The summed E-state index contributed by atoms with van der Waals surface area (Å²) in [5.74, 6) is 0. The summed E-state index contributed by atoms with van der Waals surface area (Å²) in [6, 6.07) is 7.63. The van der Waals surface area contributed by atoms with Gasteiger partial charge in [-0.1, -0.05) is 29.8 Å². The van der Waals surface area contributed by atoms with Crippen LogP contribution >= 0.6 is 11.6 Å². The van der Waals surface area contributed by atoms with E-state index in [0.717, 1.165) is 37.9 Å². The van der Waals surface area contributed by atoms with Crippen LogP contribution in [0.15, 0.2) is 24.3 Å². The Balaban J connectivity index is 2.27. The highest BCUT2D eigenvalue weighted by Gasteiger charge is 2.32. The summed E-state index contributed by atoms with van der Waals surface area (Å²) >= 11 is 6.16. The Morgan fingerprint density at radius 2 is 2.00 bits per heavy atom. The van der Waals surface area contributed by atoms with Crippen LogP contribution in [0.1, 0.15) is 24.8 Å². The molecule has 1 aliphatic heterocycles. The summed E-state index contributed by atoms with van der Waals surface area (Å²) in [6.07, 6.45) is 2.56. The molecular weight excluding hydrogens is 222 g/mol. The van der Waals surface area contributed by atoms with Gasteiger partial charge < -0.3 is 10.0 Å². The number of benzene rings is 1. The lowest BCUT2D eigenvalue weighted by Gasteiger charge is -2.28. The summed E-state index contributed by atoms with van der Waals surface area (Å²) in [5, 5.41) is 11.4. The Hall–Kier alpha value is -0.570. The summed E-state index contributed by atoms with van der Waals surface area (Å²) in [4.78, 5) is 2.26. The van der Waals surface area contributed by atoms with Gasteiger partial charge in [0.05, 0.1) is 5.60 Å². The summed E-state index contributed by atoms with van der Waals surface area (Å²) in [6.45, 7) is 1.97. The van der Waals surface area contributed by atoms with Crippen molar-refractivity contribution in [3.63, 3.8) is 0 Å². The molecule has 0 bridgehead atoms. The van der Waals surface area contributed by atoms with E-state index in [2.05, 4.69) is 11.9 Å². The van der Waals surface area contributed by atoms with Crippen LogP contribution in [0.3, 0.4) is 0 Å². The maximum Gasteiger partial charge on any atom is 0.0923 e. The van der Waals surface area contributed by atoms with Gasteiger partial charge in [-0.25, -0.2) is 0 Å². The molecule has 88 valence electrons. The summed E-state index contributed by atoms with van der Waals surface area (Å²) in [7, 11) is 2.10. The fourth-order valence-corrected chi connectivity index (χ4v) is 2.67. The molecule has 3 heteroatoms. The lowest BCUT2D eigenvalue weighted by Crippen LogP contribution is -2.28. The Labute approximate surface area is 102 Å². The first-order valence-corrected chi connectivity index (χ1v) is 6.15. The van der Waals surface area contributed by atoms with Crippen molar-refractivity contribution in [2.75, 3.05) is 20.1 Å². The number of hydrogen-bond donors (Lipinski definition) is 1. The van der Waals surface area contributed by atoms with Crippen molar-refractivity contribution in [2.24, 2.45) is 0 Å². The standard InChI is InChI=1S/C13H18ClNO/c1-15-9-4-7-13(16,8-10-15)11-5-2-3-6-12(11)14/h2-3,5-6,16H,4,7-10H2,1H3. The van der Waals surface area contributed by atoms with Gasteiger partial charge >= 0.3 is 0 Å². The van der Waals surface area contributed by atoms with Gasteiger partial charge in [0.1, 0.15) is 0 Å². The predicted octanol–water partition coefficient (Wildman–Crippen LogP) is 2.64. The minimum atomic E-state index is -0.747. The van der Waals surface area contributed by atoms with Crippen LogP contribution in [-0.4, -0.2) is 30.1 Å². The number of likely N-dealkylation sites (tertiary alicyclic amines) is 1. The first-order chi connectivity index (χ1) is 7.62. The van der Waals surface area contributed by atoms with Crippen molar-refractivity contribution < 1.29 is 5.11 Å². The Morgan fingerprint density at radius 3 is 2.75 bits per heavy atom. The Bertz CT molecular complexity index is 369. The van der Waals surface area contributed by atoms with Gasteiger partial charge in [-0.3, -0.25) is 0 Å². The molecule has 1 aliphatic rings. The van der Waals surface area contributed by atoms with Gasteiger partial charge in [0.25, 0.3) is 0 Å². The van der Waals surface area contributed by atoms with Crippen molar-refractivity contribution in [3.05, 3.63) is 34.9 Å². The van der Waals surface area contributed by atoms with E-state index >= 15 is 0 Å². The van der Waals surface area contributed by atoms with Crippen LogP contribution in [0.4, 0.5) is 0 Å². The molecule has 1 aromatic rings. The van der Waals surface area contributed by atoms with Crippen LogP contribution in [0.5, 0.6) is 0 Å². The molecule has 0 saturated carbocycles. The molecule has 0 aliphatic carbocycles. The zero-order valence-electron chi connectivity index (χ0n) is 9.62. The molecule has 1 heterocycles. The van der Waals surface area contributed by atoms with E-state index in [1.807, 2.05) is 24.3 Å². The fourth-order valence-electron chi connectivity index (χ4n) is 2.36. The highest BCUT2D eigenvalue weighted by molar-refractivity contribution is 6.31. The van der Waals surface area contributed by atoms with Gasteiger partial charge in [-0.05, 0) is 38.9 Å². The molecule has 1 unspecified atom stereocenters. The van der Waals surface area contributed by atoms with Crippen molar-refractivity contribution in [1.82, 2.24) is 4.90 Å². The lowest BCUT2D eigenvalue weighted by molar-refractivity contribution is 0.0219. The van der Waals surface area contributed by atoms with Gasteiger partial charge in [0.2, 0.25) is 0 Å². The van der Waals surface area contributed by atoms with Crippen molar-refractivity contribution >= 4 is 11.6 Å². The van der Waals surface area contributed by atoms with E-state index in [4.69, 9.17) is 11.6 Å². The molecule has 2 rings (SSSR count). The topological polar surface area (TPSA) is 23.5 Å². The minimum Gasteiger partial charge on any atom is -0.385 e. The first-order valence-electron chi connectivity index (χ1n) is 5.78. The van der Waals surface area contributed by atoms with E-state index in [9.17, 15) is 5.11 Å². The van der Waals surface area contributed by atoms with Crippen LogP contribution < -0.4 is 0 Å². The predicted molar refractivity (Wildman–Crippen MR) is 66.7 cm³/mol. The van der Waals surface area contributed by atoms with Gasteiger partial charge in [-0.15, -0.1) is 0 Å². The molecular formula is C13H18ClNO. The number of hydrogen-bond acceptors (Lipinski definition) is 2. The third kappa shape index (κ3) is 2.40. The molecule has 1 fully saturated rings. The number of rotatable bonds is 1. The maximum absolute atomic E-state index is 10.7. The number of aliphatic hydroxyl groups is 1. The third-order valence-corrected chi connectivity index (χ3v) is 3.74. The lowest BCUT2D eigenvalue weighted by atomic mass is 9.87. The van der Waals surface area contributed by atoms with Crippen LogP contribution in [0.25, 0.3) is 0 Å². The van der Waals surface area contributed by atoms with E-state index in [0.29, 0.717) is 5.02 Å². The average molecular weight is 240 g/mol. The molecule has 1 N–H and O–H groups in total. The highest BCUT2D eigenvalue weighted by atomic mass is 35.5. The Kier molecular flexibility index (Phi) is 3.53. The molecule has 0 amide bonds. The second-order valence-corrected chi connectivity index (χ2v) is 5.08. The molecule has 0 spiro atoms. The third-order valence-electron chi connectivity index (χ3n) is 3.41. The molecule has 0 radical (unpaired) electrons. The zero-order chi connectivity index (χ0) is 11.6. The van der Waals surface area contributed by atoms with E-state index in [1.165, 1.54) is 0 Å². The molecule has 2 nitrogen and oxygen atoms in total. The van der Waals surface area contributed by atoms with Crippen LogP contribution in [0, 0.1) is 0 Å². The monoisotopic (exact) mass is 239 g/mol.